The number of hydrogen-bond donors (Lipinski definition) is 2. The number of anilines is 1. The van der Waals surface area contributed by atoms with Crippen LogP contribution in [0.2, 0.25) is 0 Å². The molecular weight excluding hydrogens is 216 g/mol. The van der Waals surface area contributed by atoms with Crippen LogP contribution < -0.4 is 5.32 Å². The first-order valence-corrected chi connectivity index (χ1v) is 5.17. The van der Waals surface area contributed by atoms with Crippen LogP contribution in [0.5, 0.6) is 5.75 Å². The molecule has 0 aliphatic heterocycles. The van der Waals surface area contributed by atoms with Crippen molar-refractivity contribution in [2.75, 3.05) is 5.32 Å². The van der Waals surface area contributed by atoms with E-state index in [9.17, 15) is 9.90 Å². The van der Waals surface area contributed by atoms with Crippen molar-refractivity contribution in [3.63, 3.8) is 0 Å². The Morgan fingerprint density at radius 1 is 1.29 bits per heavy atom. The van der Waals surface area contributed by atoms with Gasteiger partial charge in [-0.05, 0) is 30.7 Å². The van der Waals surface area contributed by atoms with Gasteiger partial charge in [0.15, 0.2) is 0 Å². The van der Waals surface area contributed by atoms with Crippen molar-refractivity contribution in [3.05, 3.63) is 53.9 Å². The van der Waals surface area contributed by atoms with Crippen molar-refractivity contribution < 1.29 is 9.90 Å². The molecular formula is C13H12N2O2. The van der Waals surface area contributed by atoms with Crippen LogP contribution in [0.3, 0.4) is 0 Å². The van der Waals surface area contributed by atoms with Gasteiger partial charge in [-0.3, -0.25) is 9.78 Å². The van der Waals surface area contributed by atoms with E-state index < -0.39 is 0 Å². The molecule has 4 nitrogen and oxygen atoms in total. The number of nitrogens with zero attached hydrogens (tertiary/aromatic N) is 1. The van der Waals surface area contributed by atoms with E-state index in [0.717, 1.165) is 5.56 Å². The molecule has 0 spiro atoms. The Hall–Kier alpha value is -2.36. The third-order valence-corrected chi connectivity index (χ3v) is 2.24. The molecule has 0 aliphatic rings. The minimum atomic E-state index is -0.244. The van der Waals surface area contributed by atoms with E-state index in [1.54, 1.807) is 30.5 Å². The van der Waals surface area contributed by atoms with Gasteiger partial charge in [0.25, 0.3) is 5.91 Å². The molecule has 0 fully saturated rings. The zero-order valence-electron chi connectivity index (χ0n) is 9.34. The Morgan fingerprint density at radius 2 is 2.12 bits per heavy atom. The van der Waals surface area contributed by atoms with E-state index in [1.165, 1.54) is 12.3 Å². The maximum atomic E-state index is 11.8. The lowest BCUT2D eigenvalue weighted by Gasteiger charge is -2.05. The summed E-state index contributed by atoms with van der Waals surface area (Å²) in [5.41, 5.74) is 1.97. The first-order valence-electron chi connectivity index (χ1n) is 5.17. The topological polar surface area (TPSA) is 62.2 Å². The van der Waals surface area contributed by atoms with E-state index in [0.29, 0.717) is 11.3 Å². The second kappa shape index (κ2) is 4.65. The number of benzene rings is 1. The molecule has 86 valence electrons. The van der Waals surface area contributed by atoms with Gasteiger partial charge in [0.05, 0.1) is 5.56 Å². The Bertz CT molecular complexity index is 553. The SMILES string of the molecule is Cc1cncc(C(=O)Nc2cccc(O)c2)c1. The fourth-order valence-electron chi connectivity index (χ4n) is 1.47. The molecule has 1 heterocycles. The Morgan fingerprint density at radius 3 is 2.82 bits per heavy atom. The lowest BCUT2D eigenvalue weighted by atomic mass is 10.2. The first-order chi connectivity index (χ1) is 8.15. The van der Waals surface area contributed by atoms with Gasteiger partial charge in [-0.1, -0.05) is 6.07 Å². The van der Waals surface area contributed by atoms with Gasteiger partial charge < -0.3 is 10.4 Å². The smallest absolute Gasteiger partial charge is 0.257 e. The summed E-state index contributed by atoms with van der Waals surface area (Å²) < 4.78 is 0. The summed E-state index contributed by atoms with van der Waals surface area (Å²) in [5, 5.41) is 12.0. The van der Waals surface area contributed by atoms with E-state index in [4.69, 9.17) is 0 Å². The monoisotopic (exact) mass is 228 g/mol. The molecule has 0 atom stereocenters. The van der Waals surface area contributed by atoms with Crippen LogP contribution in [0.15, 0.2) is 42.7 Å². The highest BCUT2D eigenvalue weighted by atomic mass is 16.3. The molecule has 0 unspecified atom stereocenters. The van der Waals surface area contributed by atoms with Crippen LogP contribution in [0.1, 0.15) is 15.9 Å². The molecule has 0 bridgehead atoms. The number of phenolic OH excluding ortho intramolecular Hbond substituents is 1. The van der Waals surface area contributed by atoms with Gasteiger partial charge in [-0.25, -0.2) is 0 Å². The predicted octanol–water partition coefficient (Wildman–Crippen LogP) is 2.35. The van der Waals surface area contributed by atoms with Crippen LogP contribution in [0, 0.1) is 6.92 Å². The van der Waals surface area contributed by atoms with Crippen molar-refractivity contribution in [1.82, 2.24) is 4.98 Å². The first kappa shape index (κ1) is 11.1. The molecule has 2 N–H and O–H groups in total. The number of aromatic nitrogens is 1. The fourth-order valence-corrected chi connectivity index (χ4v) is 1.47. The van der Waals surface area contributed by atoms with Crippen LogP contribution >= 0.6 is 0 Å². The number of nitrogens with one attached hydrogen (secondary N) is 1. The number of aryl methyl sites for hydroxylation is 1. The van der Waals surface area contributed by atoms with Crippen LogP contribution in [-0.4, -0.2) is 16.0 Å². The molecule has 1 aromatic carbocycles. The van der Waals surface area contributed by atoms with Crippen molar-refractivity contribution >= 4 is 11.6 Å². The second-order valence-corrected chi connectivity index (χ2v) is 3.76. The summed E-state index contributed by atoms with van der Waals surface area (Å²) in [4.78, 5) is 15.8. The number of phenols is 1. The van der Waals surface area contributed by atoms with Crippen molar-refractivity contribution in [2.45, 2.75) is 6.92 Å². The number of rotatable bonds is 2. The highest BCUT2D eigenvalue weighted by Gasteiger charge is 2.06. The van der Waals surface area contributed by atoms with E-state index in [-0.39, 0.29) is 11.7 Å². The largest absolute Gasteiger partial charge is 0.508 e. The van der Waals surface area contributed by atoms with Gasteiger partial charge in [-0.15, -0.1) is 0 Å². The van der Waals surface area contributed by atoms with Gasteiger partial charge in [0.2, 0.25) is 0 Å². The van der Waals surface area contributed by atoms with Crippen molar-refractivity contribution in [1.29, 1.82) is 0 Å². The van der Waals surface area contributed by atoms with Crippen LogP contribution in [-0.2, 0) is 0 Å². The number of carbonyl (C=O) groups is 1. The summed E-state index contributed by atoms with van der Waals surface area (Å²) in [7, 11) is 0. The summed E-state index contributed by atoms with van der Waals surface area (Å²) in [5.74, 6) is -0.128. The number of amides is 1. The maximum absolute atomic E-state index is 11.8. The number of hydrogen-bond acceptors (Lipinski definition) is 3. The summed E-state index contributed by atoms with van der Waals surface area (Å²) in [6.45, 7) is 1.87. The molecule has 0 saturated heterocycles. The number of aromatic hydroxyl groups is 1. The Balaban J connectivity index is 2.17. The second-order valence-electron chi connectivity index (χ2n) is 3.76. The third-order valence-electron chi connectivity index (χ3n) is 2.24. The molecule has 0 radical (unpaired) electrons. The molecule has 0 saturated carbocycles. The zero-order valence-corrected chi connectivity index (χ0v) is 9.34. The summed E-state index contributed by atoms with van der Waals surface area (Å²) in [6, 6.07) is 8.16. The molecule has 17 heavy (non-hydrogen) atoms. The van der Waals surface area contributed by atoms with E-state index in [1.807, 2.05) is 6.92 Å². The van der Waals surface area contributed by atoms with Crippen LogP contribution in [0.4, 0.5) is 5.69 Å². The van der Waals surface area contributed by atoms with Crippen molar-refractivity contribution in [2.24, 2.45) is 0 Å². The van der Waals surface area contributed by atoms with Crippen molar-refractivity contribution in [3.8, 4) is 5.75 Å². The van der Waals surface area contributed by atoms with Gasteiger partial charge in [0.1, 0.15) is 5.75 Å². The predicted molar refractivity (Wildman–Crippen MR) is 65.0 cm³/mol. The standard InChI is InChI=1S/C13H12N2O2/c1-9-5-10(8-14-7-9)13(17)15-11-3-2-4-12(16)6-11/h2-8,16H,1H3,(H,15,17). The van der Waals surface area contributed by atoms with Gasteiger partial charge >= 0.3 is 0 Å². The average molecular weight is 228 g/mol. The minimum absolute atomic E-state index is 0.116. The normalized spacial score (nSPS) is 9.94. The lowest BCUT2D eigenvalue weighted by Crippen LogP contribution is -2.12. The van der Waals surface area contributed by atoms with Gasteiger partial charge in [-0.2, -0.15) is 0 Å². The third kappa shape index (κ3) is 2.81. The van der Waals surface area contributed by atoms with E-state index >= 15 is 0 Å². The van der Waals surface area contributed by atoms with E-state index in [2.05, 4.69) is 10.3 Å². The lowest BCUT2D eigenvalue weighted by molar-refractivity contribution is 0.102. The summed E-state index contributed by atoms with van der Waals surface area (Å²) in [6.07, 6.45) is 3.19. The van der Waals surface area contributed by atoms with Gasteiger partial charge in [0, 0.05) is 24.1 Å². The molecule has 2 rings (SSSR count). The Labute approximate surface area is 98.9 Å². The molecule has 2 aromatic rings. The highest BCUT2D eigenvalue weighted by Crippen LogP contribution is 2.16. The Kier molecular flexibility index (Phi) is 3.05. The maximum Gasteiger partial charge on any atom is 0.257 e. The number of pyridine rings is 1. The molecule has 1 amide bonds. The quantitative estimate of drug-likeness (QED) is 0.829. The average Bonchev–Trinajstić information content (AvgIpc) is 2.29. The minimum Gasteiger partial charge on any atom is -0.508 e. The molecule has 0 aliphatic carbocycles. The zero-order chi connectivity index (χ0) is 12.3. The van der Waals surface area contributed by atoms with Crippen LogP contribution in [0.25, 0.3) is 0 Å². The number of carbonyl (C=O) groups excluding carboxylic acids is 1. The highest BCUT2D eigenvalue weighted by molar-refractivity contribution is 6.04. The fraction of sp³-hybridized carbons (Fsp3) is 0.0769. The molecule has 4 heteroatoms. The summed E-state index contributed by atoms with van der Waals surface area (Å²) >= 11 is 0. The molecule has 1 aromatic heterocycles.